The molecular formula is C8H13N3O. The zero-order chi connectivity index (χ0) is 8.97. The molecule has 4 heteroatoms. The predicted molar refractivity (Wildman–Crippen MR) is 47.5 cm³/mol. The van der Waals surface area contributed by atoms with Crippen molar-refractivity contribution in [1.29, 1.82) is 0 Å². The summed E-state index contributed by atoms with van der Waals surface area (Å²) in [6, 6.07) is 3.80. The van der Waals surface area contributed by atoms with Crippen molar-refractivity contribution in [2.75, 3.05) is 19.0 Å². The van der Waals surface area contributed by atoms with Crippen LogP contribution < -0.4 is 10.8 Å². The molecule has 0 unspecified atom stereocenters. The lowest BCUT2D eigenvalue weighted by Crippen LogP contribution is -2.14. The van der Waals surface area contributed by atoms with Crippen molar-refractivity contribution in [3.8, 4) is 0 Å². The van der Waals surface area contributed by atoms with Crippen molar-refractivity contribution in [2.24, 2.45) is 5.90 Å². The van der Waals surface area contributed by atoms with Gasteiger partial charge in [-0.2, -0.15) is 0 Å². The minimum Gasteiger partial charge on any atom is -0.362 e. The van der Waals surface area contributed by atoms with Crippen LogP contribution in [0.15, 0.2) is 18.3 Å². The van der Waals surface area contributed by atoms with E-state index in [9.17, 15) is 0 Å². The quantitative estimate of drug-likeness (QED) is 0.667. The van der Waals surface area contributed by atoms with E-state index in [1.54, 1.807) is 6.20 Å². The molecule has 0 radical (unpaired) electrons. The highest BCUT2D eigenvalue weighted by atomic mass is 16.6. The summed E-state index contributed by atoms with van der Waals surface area (Å²) in [5, 5.41) is 0. The molecule has 1 heterocycles. The molecule has 0 saturated heterocycles. The molecule has 0 aliphatic carbocycles. The van der Waals surface area contributed by atoms with Crippen molar-refractivity contribution in [3.05, 3.63) is 23.9 Å². The molecule has 1 rings (SSSR count). The summed E-state index contributed by atoms with van der Waals surface area (Å²) in [5.41, 5.74) is 0.991. The Morgan fingerprint density at radius 1 is 1.58 bits per heavy atom. The number of anilines is 1. The highest BCUT2D eigenvalue weighted by Crippen LogP contribution is 2.14. The normalized spacial score (nSPS) is 9.92. The molecule has 0 aromatic carbocycles. The second-order valence-electron chi connectivity index (χ2n) is 2.69. The van der Waals surface area contributed by atoms with Crippen molar-refractivity contribution < 1.29 is 4.84 Å². The molecule has 0 saturated carbocycles. The van der Waals surface area contributed by atoms with Crippen LogP contribution in [-0.2, 0) is 11.4 Å². The molecular weight excluding hydrogens is 154 g/mol. The molecule has 0 bridgehead atoms. The second kappa shape index (κ2) is 4.04. The first-order valence-corrected chi connectivity index (χ1v) is 3.68. The van der Waals surface area contributed by atoms with Gasteiger partial charge >= 0.3 is 0 Å². The maximum atomic E-state index is 4.98. The Morgan fingerprint density at radius 3 is 2.92 bits per heavy atom. The highest BCUT2D eigenvalue weighted by Gasteiger charge is 2.03. The molecule has 1 aromatic rings. The average molecular weight is 167 g/mol. The Labute approximate surface area is 71.9 Å². The lowest BCUT2D eigenvalue weighted by atomic mass is 10.2. The summed E-state index contributed by atoms with van der Waals surface area (Å²) in [6.07, 6.45) is 1.75. The molecule has 0 aliphatic heterocycles. The minimum absolute atomic E-state index is 0.390. The van der Waals surface area contributed by atoms with Gasteiger partial charge in [0.25, 0.3) is 0 Å². The monoisotopic (exact) mass is 167 g/mol. The number of hydrogen-bond acceptors (Lipinski definition) is 4. The van der Waals surface area contributed by atoms with E-state index in [-0.39, 0.29) is 0 Å². The number of pyridine rings is 1. The fourth-order valence-corrected chi connectivity index (χ4v) is 1.04. The SMILES string of the molecule is CN(C)c1ncccc1CON. The van der Waals surface area contributed by atoms with E-state index >= 15 is 0 Å². The van der Waals surface area contributed by atoms with Gasteiger partial charge in [0.2, 0.25) is 0 Å². The van der Waals surface area contributed by atoms with Gasteiger partial charge in [0.15, 0.2) is 0 Å². The van der Waals surface area contributed by atoms with Gasteiger partial charge in [0.1, 0.15) is 5.82 Å². The summed E-state index contributed by atoms with van der Waals surface area (Å²) in [7, 11) is 3.87. The van der Waals surface area contributed by atoms with E-state index in [1.165, 1.54) is 0 Å². The maximum absolute atomic E-state index is 4.98. The van der Waals surface area contributed by atoms with Gasteiger partial charge in [-0.05, 0) is 6.07 Å². The summed E-state index contributed by atoms with van der Waals surface area (Å²) in [5.74, 6) is 5.87. The Balaban J connectivity index is 2.92. The van der Waals surface area contributed by atoms with Crippen LogP contribution in [0.25, 0.3) is 0 Å². The van der Waals surface area contributed by atoms with Gasteiger partial charge in [0.05, 0.1) is 6.61 Å². The van der Waals surface area contributed by atoms with E-state index < -0.39 is 0 Å². The smallest absolute Gasteiger partial charge is 0.133 e. The third-order valence-electron chi connectivity index (χ3n) is 1.53. The Morgan fingerprint density at radius 2 is 2.33 bits per heavy atom. The van der Waals surface area contributed by atoms with Gasteiger partial charge in [-0.3, -0.25) is 4.84 Å². The highest BCUT2D eigenvalue weighted by molar-refractivity contribution is 5.44. The fraction of sp³-hybridized carbons (Fsp3) is 0.375. The first-order chi connectivity index (χ1) is 5.75. The molecule has 2 N–H and O–H groups in total. The molecule has 0 amide bonds. The zero-order valence-corrected chi connectivity index (χ0v) is 7.32. The second-order valence-corrected chi connectivity index (χ2v) is 2.69. The van der Waals surface area contributed by atoms with Gasteiger partial charge in [-0.15, -0.1) is 0 Å². The van der Waals surface area contributed by atoms with Crippen LogP contribution in [0.1, 0.15) is 5.56 Å². The van der Waals surface area contributed by atoms with E-state index in [2.05, 4.69) is 9.82 Å². The predicted octanol–water partition coefficient (Wildman–Crippen LogP) is 0.538. The van der Waals surface area contributed by atoms with Crippen LogP contribution in [0.4, 0.5) is 5.82 Å². The minimum atomic E-state index is 0.390. The Bertz CT molecular complexity index is 250. The third kappa shape index (κ3) is 1.93. The number of aromatic nitrogens is 1. The third-order valence-corrected chi connectivity index (χ3v) is 1.53. The lowest BCUT2D eigenvalue weighted by Gasteiger charge is -2.14. The van der Waals surface area contributed by atoms with Crippen LogP contribution >= 0.6 is 0 Å². The van der Waals surface area contributed by atoms with Crippen molar-refractivity contribution >= 4 is 5.82 Å². The zero-order valence-electron chi connectivity index (χ0n) is 7.32. The van der Waals surface area contributed by atoms with Crippen LogP contribution in [-0.4, -0.2) is 19.1 Å². The number of nitrogens with two attached hydrogens (primary N) is 1. The number of nitrogens with zero attached hydrogens (tertiary/aromatic N) is 2. The van der Waals surface area contributed by atoms with Gasteiger partial charge < -0.3 is 4.90 Å². The van der Waals surface area contributed by atoms with E-state index in [1.807, 2.05) is 31.1 Å². The van der Waals surface area contributed by atoms with Gasteiger partial charge in [0, 0.05) is 25.9 Å². The molecule has 66 valence electrons. The standard InChI is InChI=1S/C8H13N3O/c1-11(2)8-7(6-12-9)4-3-5-10-8/h3-5H,6,9H2,1-2H3. The number of hydrogen-bond donors (Lipinski definition) is 1. The van der Waals surface area contributed by atoms with Crippen LogP contribution in [0.3, 0.4) is 0 Å². The first kappa shape index (κ1) is 8.96. The summed E-state index contributed by atoms with van der Waals surface area (Å²) < 4.78 is 0. The van der Waals surface area contributed by atoms with Gasteiger partial charge in [-0.25, -0.2) is 10.9 Å². The van der Waals surface area contributed by atoms with Crippen LogP contribution in [0.2, 0.25) is 0 Å². The van der Waals surface area contributed by atoms with E-state index in [4.69, 9.17) is 5.90 Å². The largest absolute Gasteiger partial charge is 0.362 e. The molecule has 0 aliphatic rings. The van der Waals surface area contributed by atoms with Crippen molar-refractivity contribution in [1.82, 2.24) is 4.98 Å². The lowest BCUT2D eigenvalue weighted by molar-refractivity contribution is 0.124. The Hall–Kier alpha value is -1.13. The first-order valence-electron chi connectivity index (χ1n) is 3.68. The Kier molecular flexibility index (Phi) is 3.01. The van der Waals surface area contributed by atoms with E-state index in [0.29, 0.717) is 6.61 Å². The topological polar surface area (TPSA) is 51.4 Å². The molecule has 0 fully saturated rings. The summed E-state index contributed by atoms with van der Waals surface area (Å²) in [6.45, 7) is 0.390. The van der Waals surface area contributed by atoms with Crippen LogP contribution in [0, 0.1) is 0 Å². The molecule has 0 atom stereocenters. The molecule has 0 spiro atoms. The fourth-order valence-electron chi connectivity index (χ4n) is 1.04. The molecule has 12 heavy (non-hydrogen) atoms. The average Bonchev–Trinajstić information content (AvgIpc) is 2.05. The molecule has 4 nitrogen and oxygen atoms in total. The molecule has 1 aromatic heterocycles. The van der Waals surface area contributed by atoms with Crippen molar-refractivity contribution in [3.63, 3.8) is 0 Å². The van der Waals surface area contributed by atoms with Gasteiger partial charge in [-0.1, -0.05) is 6.07 Å². The summed E-state index contributed by atoms with van der Waals surface area (Å²) >= 11 is 0. The van der Waals surface area contributed by atoms with Crippen LogP contribution in [0.5, 0.6) is 0 Å². The van der Waals surface area contributed by atoms with Crippen molar-refractivity contribution in [2.45, 2.75) is 6.61 Å². The number of rotatable bonds is 3. The maximum Gasteiger partial charge on any atom is 0.133 e. The summed E-state index contributed by atoms with van der Waals surface area (Å²) in [4.78, 5) is 10.7. The van der Waals surface area contributed by atoms with E-state index in [0.717, 1.165) is 11.4 Å².